The molecule has 0 saturated heterocycles. The van der Waals surface area contributed by atoms with Crippen LogP contribution in [0.25, 0.3) is 10.8 Å². The number of hydrogen-bond donors (Lipinski definition) is 1. The summed E-state index contributed by atoms with van der Waals surface area (Å²) in [6.07, 6.45) is 1.20. The van der Waals surface area contributed by atoms with Gasteiger partial charge in [0.25, 0.3) is 0 Å². The summed E-state index contributed by atoms with van der Waals surface area (Å²) in [6, 6.07) is 15.6. The van der Waals surface area contributed by atoms with Gasteiger partial charge in [0.1, 0.15) is 0 Å². The van der Waals surface area contributed by atoms with Crippen LogP contribution in [0.15, 0.2) is 42.5 Å². The second-order valence-electron chi connectivity index (χ2n) is 5.24. The first-order valence-corrected chi connectivity index (χ1v) is 6.40. The maximum atomic E-state index is 3.57. The van der Waals surface area contributed by atoms with Gasteiger partial charge in [-0.25, -0.2) is 0 Å². The first kappa shape index (κ1) is 12.0. The molecule has 0 aliphatic carbocycles. The Kier molecular flexibility index (Phi) is 3.68. The molecule has 0 fully saturated rings. The van der Waals surface area contributed by atoms with E-state index in [4.69, 9.17) is 0 Å². The van der Waals surface area contributed by atoms with Crippen LogP contribution in [0.3, 0.4) is 0 Å². The third kappa shape index (κ3) is 3.23. The molecular weight excluding hydrogens is 206 g/mol. The molecule has 1 atom stereocenters. The minimum Gasteiger partial charge on any atom is -0.383 e. The predicted octanol–water partition coefficient (Wildman–Crippen LogP) is 4.69. The van der Waals surface area contributed by atoms with Crippen molar-refractivity contribution in [3.8, 4) is 0 Å². The zero-order valence-corrected chi connectivity index (χ0v) is 10.9. The summed E-state index contributed by atoms with van der Waals surface area (Å²) in [5, 5.41) is 6.17. The van der Waals surface area contributed by atoms with Gasteiger partial charge in [0.15, 0.2) is 0 Å². The summed E-state index contributed by atoms with van der Waals surface area (Å²) in [5.41, 5.74) is 1.22. The first-order valence-electron chi connectivity index (χ1n) is 6.40. The Bertz CT molecular complexity index is 488. The van der Waals surface area contributed by atoms with E-state index in [-0.39, 0.29) is 0 Å². The Morgan fingerprint density at radius 2 is 1.65 bits per heavy atom. The van der Waals surface area contributed by atoms with Gasteiger partial charge in [0.05, 0.1) is 0 Å². The van der Waals surface area contributed by atoms with Crippen LogP contribution in [0.5, 0.6) is 0 Å². The lowest BCUT2D eigenvalue weighted by molar-refractivity contribution is 0.540. The zero-order valence-electron chi connectivity index (χ0n) is 10.9. The largest absolute Gasteiger partial charge is 0.383 e. The van der Waals surface area contributed by atoms with Crippen molar-refractivity contribution < 1.29 is 0 Å². The van der Waals surface area contributed by atoms with Crippen LogP contribution >= 0.6 is 0 Å². The van der Waals surface area contributed by atoms with Crippen LogP contribution in [0.1, 0.15) is 27.2 Å². The molecule has 2 rings (SSSR count). The molecule has 0 radical (unpaired) electrons. The van der Waals surface area contributed by atoms with Gasteiger partial charge in [-0.2, -0.15) is 0 Å². The van der Waals surface area contributed by atoms with Gasteiger partial charge >= 0.3 is 0 Å². The van der Waals surface area contributed by atoms with E-state index in [1.54, 1.807) is 0 Å². The monoisotopic (exact) mass is 227 g/mol. The number of rotatable bonds is 4. The minimum atomic E-state index is 0.524. The summed E-state index contributed by atoms with van der Waals surface area (Å²) in [7, 11) is 0. The van der Waals surface area contributed by atoms with Crippen molar-refractivity contribution in [1.82, 2.24) is 0 Å². The molecule has 0 amide bonds. The van der Waals surface area contributed by atoms with Crippen molar-refractivity contribution in [3.05, 3.63) is 42.5 Å². The summed E-state index contributed by atoms with van der Waals surface area (Å²) >= 11 is 0. The molecule has 1 N–H and O–H groups in total. The summed E-state index contributed by atoms with van der Waals surface area (Å²) in [4.78, 5) is 0. The van der Waals surface area contributed by atoms with Crippen LogP contribution in [0.4, 0.5) is 5.69 Å². The standard InChI is InChI=1S/C16H21N/c1-12(2)10-13(3)17-16-9-8-14-6-4-5-7-15(14)11-16/h4-9,11-13,17H,10H2,1-3H3. The maximum Gasteiger partial charge on any atom is 0.0348 e. The van der Waals surface area contributed by atoms with Crippen molar-refractivity contribution in [1.29, 1.82) is 0 Å². The molecule has 1 nitrogen and oxygen atoms in total. The minimum absolute atomic E-state index is 0.524. The number of benzene rings is 2. The smallest absolute Gasteiger partial charge is 0.0348 e. The lowest BCUT2D eigenvalue weighted by Crippen LogP contribution is -2.17. The van der Waals surface area contributed by atoms with E-state index in [2.05, 4.69) is 68.6 Å². The third-order valence-corrected chi connectivity index (χ3v) is 2.99. The second kappa shape index (κ2) is 5.22. The quantitative estimate of drug-likeness (QED) is 0.799. The highest BCUT2D eigenvalue weighted by molar-refractivity contribution is 5.85. The van der Waals surface area contributed by atoms with E-state index in [9.17, 15) is 0 Å². The Morgan fingerprint density at radius 3 is 2.35 bits per heavy atom. The molecule has 0 saturated carbocycles. The topological polar surface area (TPSA) is 12.0 Å². The molecule has 2 aromatic carbocycles. The number of hydrogen-bond acceptors (Lipinski definition) is 1. The van der Waals surface area contributed by atoms with Gasteiger partial charge < -0.3 is 5.32 Å². The van der Waals surface area contributed by atoms with Gasteiger partial charge in [-0.05, 0) is 42.2 Å². The fourth-order valence-electron chi connectivity index (χ4n) is 2.33. The molecule has 90 valence electrons. The van der Waals surface area contributed by atoms with Gasteiger partial charge in [-0.1, -0.05) is 44.2 Å². The van der Waals surface area contributed by atoms with Gasteiger partial charge in [-0.15, -0.1) is 0 Å². The maximum absolute atomic E-state index is 3.57. The van der Waals surface area contributed by atoms with Crippen LogP contribution < -0.4 is 5.32 Å². The molecule has 0 aliphatic rings. The molecule has 0 spiro atoms. The molecule has 0 bridgehead atoms. The lowest BCUT2D eigenvalue weighted by Gasteiger charge is -2.17. The van der Waals surface area contributed by atoms with E-state index in [1.165, 1.54) is 22.9 Å². The summed E-state index contributed by atoms with van der Waals surface area (Å²) < 4.78 is 0. The van der Waals surface area contributed by atoms with E-state index >= 15 is 0 Å². The number of anilines is 1. The lowest BCUT2D eigenvalue weighted by atomic mass is 10.0. The van der Waals surface area contributed by atoms with Crippen LogP contribution in [0.2, 0.25) is 0 Å². The van der Waals surface area contributed by atoms with E-state index in [1.807, 2.05) is 0 Å². The van der Waals surface area contributed by atoms with Gasteiger partial charge in [0, 0.05) is 11.7 Å². The van der Waals surface area contributed by atoms with Crippen LogP contribution in [-0.4, -0.2) is 6.04 Å². The van der Waals surface area contributed by atoms with Gasteiger partial charge in [-0.3, -0.25) is 0 Å². The Balaban J connectivity index is 2.14. The van der Waals surface area contributed by atoms with Crippen molar-refractivity contribution in [2.24, 2.45) is 5.92 Å². The van der Waals surface area contributed by atoms with Crippen molar-refractivity contribution in [2.45, 2.75) is 33.2 Å². The van der Waals surface area contributed by atoms with Gasteiger partial charge in [0.2, 0.25) is 0 Å². The van der Waals surface area contributed by atoms with Crippen LogP contribution in [0, 0.1) is 5.92 Å². The summed E-state index contributed by atoms with van der Waals surface area (Å²) in [6.45, 7) is 6.77. The fraction of sp³-hybridized carbons (Fsp3) is 0.375. The van der Waals surface area contributed by atoms with Crippen molar-refractivity contribution in [3.63, 3.8) is 0 Å². The second-order valence-corrected chi connectivity index (χ2v) is 5.24. The summed E-state index contributed by atoms with van der Waals surface area (Å²) in [5.74, 6) is 0.734. The highest BCUT2D eigenvalue weighted by Crippen LogP contribution is 2.20. The normalized spacial score (nSPS) is 12.9. The first-order chi connectivity index (χ1) is 8.15. The molecule has 1 unspecified atom stereocenters. The van der Waals surface area contributed by atoms with E-state index in [0.717, 1.165) is 5.92 Å². The SMILES string of the molecule is CC(C)CC(C)Nc1ccc2ccccc2c1. The highest BCUT2D eigenvalue weighted by Gasteiger charge is 2.04. The van der Waals surface area contributed by atoms with E-state index in [0.29, 0.717) is 6.04 Å². The molecule has 0 heterocycles. The Morgan fingerprint density at radius 1 is 0.941 bits per heavy atom. The highest BCUT2D eigenvalue weighted by atomic mass is 14.9. The van der Waals surface area contributed by atoms with Crippen LogP contribution in [-0.2, 0) is 0 Å². The Hall–Kier alpha value is -1.50. The zero-order chi connectivity index (χ0) is 12.3. The predicted molar refractivity (Wildman–Crippen MR) is 76.5 cm³/mol. The average molecular weight is 227 g/mol. The average Bonchev–Trinajstić information content (AvgIpc) is 2.27. The molecule has 0 aromatic heterocycles. The number of nitrogens with one attached hydrogen (secondary N) is 1. The fourth-order valence-corrected chi connectivity index (χ4v) is 2.33. The number of fused-ring (bicyclic) bond motifs is 1. The molecule has 0 aliphatic heterocycles. The van der Waals surface area contributed by atoms with Crippen molar-refractivity contribution >= 4 is 16.5 Å². The van der Waals surface area contributed by atoms with Crippen molar-refractivity contribution in [2.75, 3.05) is 5.32 Å². The van der Waals surface area contributed by atoms with E-state index < -0.39 is 0 Å². The third-order valence-electron chi connectivity index (χ3n) is 2.99. The Labute approximate surface area is 104 Å². The molecule has 2 aromatic rings. The molecule has 1 heteroatoms. The molecule has 17 heavy (non-hydrogen) atoms. The molecular formula is C16H21N.